The van der Waals surface area contributed by atoms with E-state index in [2.05, 4.69) is 20.3 Å². The molecule has 3 aromatic heterocycles. The summed E-state index contributed by atoms with van der Waals surface area (Å²) >= 11 is 1.32. The summed E-state index contributed by atoms with van der Waals surface area (Å²) in [6, 6.07) is 8.42. The summed E-state index contributed by atoms with van der Waals surface area (Å²) in [6.45, 7) is 0.474. The molecule has 11 heteroatoms. The lowest BCUT2D eigenvalue weighted by molar-refractivity contribution is -0.137. The van der Waals surface area contributed by atoms with Crippen LogP contribution in [0, 0.1) is 0 Å². The maximum absolute atomic E-state index is 12.9. The average molecular weight is 407 g/mol. The van der Waals surface area contributed by atoms with Crippen LogP contribution in [0.25, 0.3) is 11.4 Å². The topological polar surface area (TPSA) is 82.8 Å². The highest BCUT2D eigenvalue weighted by atomic mass is 32.2. The van der Waals surface area contributed by atoms with Gasteiger partial charge in [0.1, 0.15) is 12.1 Å². The highest BCUT2D eigenvalue weighted by Gasteiger charge is 2.30. The van der Waals surface area contributed by atoms with Crippen molar-refractivity contribution in [3.63, 3.8) is 0 Å². The molecule has 3 heterocycles. The molecule has 0 amide bonds. The molecule has 0 aliphatic carbocycles. The van der Waals surface area contributed by atoms with E-state index in [1.165, 1.54) is 23.9 Å². The van der Waals surface area contributed by atoms with Gasteiger partial charge in [0.25, 0.3) is 0 Å². The van der Waals surface area contributed by atoms with Crippen molar-refractivity contribution in [2.45, 2.75) is 23.6 Å². The summed E-state index contributed by atoms with van der Waals surface area (Å²) in [4.78, 5) is 4.17. The van der Waals surface area contributed by atoms with E-state index in [4.69, 9.17) is 8.94 Å². The minimum atomic E-state index is -4.43. The van der Waals surface area contributed by atoms with Crippen molar-refractivity contribution in [2.24, 2.45) is 0 Å². The Morgan fingerprint density at radius 3 is 2.82 bits per heavy atom. The summed E-state index contributed by atoms with van der Waals surface area (Å²) < 4.78 is 50.8. The van der Waals surface area contributed by atoms with Gasteiger partial charge < -0.3 is 13.5 Å². The Balaban J connectivity index is 1.45. The molecule has 0 fully saturated rings. The minimum Gasteiger partial charge on any atom is -0.467 e. The number of hydrogen-bond donors (Lipinski definition) is 0. The summed E-state index contributed by atoms with van der Waals surface area (Å²) in [6.07, 6.45) is -1.27. The first-order chi connectivity index (χ1) is 13.5. The van der Waals surface area contributed by atoms with Gasteiger partial charge in [-0.25, -0.2) is 0 Å². The number of thioether (sulfide) groups is 1. The molecule has 0 spiro atoms. The van der Waals surface area contributed by atoms with E-state index in [0.29, 0.717) is 17.5 Å². The first-order valence-electron chi connectivity index (χ1n) is 8.02. The quantitative estimate of drug-likeness (QED) is 0.441. The van der Waals surface area contributed by atoms with Crippen molar-refractivity contribution in [1.82, 2.24) is 24.9 Å². The van der Waals surface area contributed by atoms with Gasteiger partial charge in [-0.1, -0.05) is 29.1 Å². The molecule has 0 unspecified atom stereocenters. The first kappa shape index (κ1) is 18.3. The van der Waals surface area contributed by atoms with Crippen LogP contribution in [-0.4, -0.2) is 24.9 Å². The fourth-order valence-electron chi connectivity index (χ4n) is 2.43. The van der Waals surface area contributed by atoms with Crippen molar-refractivity contribution >= 4 is 11.8 Å². The molecule has 0 atom stereocenters. The first-order valence-corrected chi connectivity index (χ1v) is 9.01. The van der Waals surface area contributed by atoms with Crippen molar-refractivity contribution < 1.29 is 22.1 Å². The molecule has 4 aromatic rings. The summed E-state index contributed by atoms with van der Waals surface area (Å²) in [5.74, 6) is 1.41. The predicted octanol–water partition coefficient (Wildman–Crippen LogP) is 4.28. The Kier molecular flexibility index (Phi) is 4.90. The van der Waals surface area contributed by atoms with Gasteiger partial charge in [0.05, 0.1) is 24.1 Å². The molecule has 144 valence electrons. The second-order valence-corrected chi connectivity index (χ2v) is 6.64. The highest BCUT2D eigenvalue weighted by molar-refractivity contribution is 7.98. The Morgan fingerprint density at radius 2 is 2.04 bits per heavy atom. The zero-order valence-corrected chi connectivity index (χ0v) is 14.9. The van der Waals surface area contributed by atoms with Crippen LogP contribution >= 0.6 is 11.8 Å². The number of furan rings is 1. The van der Waals surface area contributed by atoms with E-state index in [-0.39, 0.29) is 17.3 Å². The second-order valence-electron chi connectivity index (χ2n) is 5.70. The van der Waals surface area contributed by atoms with Crippen molar-refractivity contribution in [2.75, 3.05) is 0 Å². The van der Waals surface area contributed by atoms with Gasteiger partial charge in [-0.05, 0) is 24.3 Å². The van der Waals surface area contributed by atoms with Gasteiger partial charge in [-0.15, -0.1) is 10.2 Å². The third-order valence-corrected chi connectivity index (χ3v) is 4.69. The molecule has 0 saturated heterocycles. The zero-order chi connectivity index (χ0) is 19.6. The minimum absolute atomic E-state index is 0.0961. The molecule has 0 bridgehead atoms. The largest absolute Gasteiger partial charge is 0.467 e. The van der Waals surface area contributed by atoms with Crippen molar-refractivity contribution in [3.05, 3.63) is 66.2 Å². The summed E-state index contributed by atoms with van der Waals surface area (Å²) in [5.41, 5.74) is -0.535. The average Bonchev–Trinajstić information content (AvgIpc) is 3.42. The zero-order valence-electron chi connectivity index (χ0n) is 14.1. The van der Waals surface area contributed by atoms with Gasteiger partial charge in [-0.3, -0.25) is 0 Å². The van der Waals surface area contributed by atoms with Crippen LogP contribution in [0.3, 0.4) is 0 Å². The highest BCUT2D eigenvalue weighted by Crippen LogP contribution is 2.31. The molecular weight excluding hydrogens is 395 g/mol. The lowest BCUT2D eigenvalue weighted by Gasteiger charge is -2.06. The van der Waals surface area contributed by atoms with Crippen molar-refractivity contribution in [3.8, 4) is 11.4 Å². The molecule has 7 nitrogen and oxygen atoms in total. The lowest BCUT2D eigenvalue weighted by Crippen LogP contribution is -2.04. The number of aromatic nitrogens is 5. The van der Waals surface area contributed by atoms with Gasteiger partial charge in [0.15, 0.2) is 5.16 Å². The van der Waals surface area contributed by atoms with E-state index in [9.17, 15) is 13.2 Å². The molecular formula is C17H12F3N5O2S. The Hall–Kier alpha value is -3.08. The van der Waals surface area contributed by atoms with E-state index in [1.807, 2.05) is 6.07 Å². The number of rotatable bonds is 6. The smallest absolute Gasteiger partial charge is 0.416 e. The van der Waals surface area contributed by atoms with Gasteiger partial charge in [-0.2, -0.15) is 18.2 Å². The summed E-state index contributed by atoms with van der Waals surface area (Å²) in [7, 11) is 0. The van der Waals surface area contributed by atoms with Gasteiger partial charge >= 0.3 is 6.18 Å². The number of nitrogens with zero attached hydrogens (tertiary/aromatic N) is 5. The molecule has 0 aliphatic heterocycles. The van der Waals surface area contributed by atoms with E-state index in [0.717, 1.165) is 17.9 Å². The van der Waals surface area contributed by atoms with Gasteiger partial charge in [0.2, 0.25) is 11.7 Å². The maximum atomic E-state index is 12.9. The van der Waals surface area contributed by atoms with Crippen LogP contribution < -0.4 is 0 Å². The number of hydrogen-bond acceptors (Lipinski definition) is 7. The molecule has 28 heavy (non-hydrogen) atoms. The third-order valence-electron chi connectivity index (χ3n) is 3.73. The van der Waals surface area contributed by atoms with Crippen LogP contribution in [0.4, 0.5) is 13.2 Å². The van der Waals surface area contributed by atoms with Crippen LogP contribution in [0.15, 0.2) is 63.1 Å². The molecule has 0 N–H and O–H groups in total. The van der Waals surface area contributed by atoms with Crippen LogP contribution in [0.5, 0.6) is 0 Å². The predicted molar refractivity (Wildman–Crippen MR) is 92.1 cm³/mol. The SMILES string of the molecule is FC(F)(F)c1cccc(-c2noc(CSc3nncn3Cc3ccco3)n2)c1. The molecule has 0 saturated carbocycles. The Morgan fingerprint density at radius 1 is 1.14 bits per heavy atom. The number of benzene rings is 1. The fourth-order valence-corrected chi connectivity index (χ4v) is 3.18. The molecule has 0 aliphatic rings. The van der Waals surface area contributed by atoms with E-state index in [1.54, 1.807) is 23.2 Å². The Labute approximate surface area is 160 Å². The standard InChI is InChI=1S/C17H12F3N5O2S/c18-17(19,20)12-4-1-3-11(7-12)15-22-14(27-24-15)9-28-16-23-21-10-25(16)8-13-5-2-6-26-13/h1-7,10H,8-9H2. The maximum Gasteiger partial charge on any atom is 0.416 e. The van der Waals surface area contributed by atoms with Crippen LogP contribution in [-0.2, 0) is 18.5 Å². The number of halogens is 3. The monoisotopic (exact) mass is 407 g/mol. The third kappa shape index (κ3) is 4.09. The van der Waals surface area contributed by atoms with Gasteiger partial charge in [0, 0.05) is 5.56 Å². The molecule has 1 aromatic carbocycles. The van der Waals surface area contributed by atoms with Crippen LogP contribution in [0.2, 0.25) is 0 Å². The molecule has 4 rings (SSSR count). The van der Waals surface area contributed by atoms with E-state index < -0.39 is 11.7 Å². The van der Waals surface area contributed by atoms with Crippen LogP contribution in [0.1, 0.15) is 17.2 Å². The number of alkyl halides is 3. The lowest BCUT2D eigenvalue weighted by atomic mass is 10.1. The fraction of sp³-hybridized carbons (Fsp3) is 0.176. The normalized spacial score (nSPS) is 11.8. The second kappa shape index (κ2) is 7.50. The van der Waals surface area contributed by atoms with Crippen molar-refractivity contribution in [1.29, 1.82) is 0 Å². The Bertz CT molecular complexity index is 1060. The summed E-state index contributed by atoms with van der Waals surface area (Å²) in [5, 5.41) is 12.3. The molecule has 0 radical (unpaired) electrons. The van der Waals surface area contributed by atoms with E-state index >= 15 is 0 Å².